The molecule has 102 valence electrons. The van der Waals surface area contributed by atoms with Gasteiger partial charge in [0.2, 0.25) is 0 Å². The summed E-state index contributed by atoms with van der Waals surface area (Å²) in [7, 11) is 0. The van der Waals surface area contributed by atoms with Gasteiger partial charge in [0.25, 0.3) is 0 Å². The van der Waals surface area contributed by atoms with Crippen LogP contribution in [0.3, 0.4) is 0 Å². The van der Waals surface area contributed by atoms with Crippen molar-refractivity contribution in [1.29, 1.82) is 0 Å². The van der Waals surface area contributed by atoms with Crippen LogP contribution in [0.4, 0.5) is 13.2 Å². The summed E-state index contributed by atoms with van der Waals surface area (Å²) in [6, 6.07) is -0.706. The Morgan fingerprint density at radius 3 is 2.53 bits per heavy atom. The number of carboxylic acids is 1. The molecule has 0 fully saturated rings. The van der Waals surface area contributed by atoms with Crippen molar-refractivity contribution in [3.8, 4) is 0 Å². The molecule has 0 saturated carbocycles. The Morgan fingerprint density at radius 1 is 1.41 bits per heavy atom. The molecule has 0 aromatic carbocycles. The lowest BCUT2D eigenvalue weighted by molar-refractivity contribution is -0.140. The number of alkyl halides is 3. The van der Waals surface area contributed by atoms with Gasteiger partial charge in [0.15, 0.2) is 0 Å². The van der Waals surface area contributed by atoms with Crippen molar-refractivity contribution in [3.63, 3.8) is 0 Å². The molecule has 17 heavy (non-hydrogen) atoms. The largest absolute Gasteiger partial charge is 0.480 e. The Labute approximate surface area is 98.1 Å². The van der Waals surface area contributed by atoms with Crippen molar-refractivity contribution in [3.05, 3.63) is 0 Å². The summed E-state index contributed by atoms with van der Waals surface area (Å²) in [5.74, 6) is -0.981. The molecule has 0 aliphatic heterocycles. The molecule has 0 radical (unpaired) electrons. The fraction of sp³-hybridized carbons (Fsp3) is 0.900. The standard InChI is InChI=1S/C10H18F3NO3/c1-2-14-8(9(15)16)4-7-17-6-3-5-10(11,12)13/h8,14H,2-7H2,1H3,(H,15,16). The predicted molar refractivity (Wildman–Crippen MR) is 55.8 cm³/mol. The molecule has 0 rings (SSSR count). The van der Waals surface area contributed by atoms with E-state index >= 15 is 0 Å². The highest BCUT2D eigenvalue weighted by Crippen LogP contribution is 2.20. The van der Waals surface area contributed by atoms with Gasteiger partial charge in [0.05, 0.1) is 0 Å². The zero-order valence-corrected chi connectivity index (χ0v) is 9.72. The van der Waals surface area contributed by atoms with Crippen LogP contribution in [0.25, 0.3) is 0 Å². The van der Waals surface area contributed by atoms with E-state index in [1.54, 1.807) is 6.92 Å². The van der Waals surface area contributed by atoms with Crippen molar-refractivity contribution in [2.24, 2.45) is 0 Å². The van der Waals surface area contributed by atoms with Crippen LogP contribution < -0.4 is 5.32 Å². The minimum Gasteiger partial charge on any atom is -0.480 e. The van der Waals surface area contributed by atoms with Crippen LogP contribution in [0, 0.1) is 0 Å². The summed E-state index contributed by atoms with van der Waals surface area (Å²) in [5.41, 5.74) is 0. The molecule has 4 nitrogen and oxygen atoms in total. The minimum atomic E-state index is -4.16. The van der Waals surface area contributed by atoms with Gasteiger partial charge in [-0.25, -0.2) is 0 Å². The Morgan fingerprint density at radius 2 is 2.06 bits per heavy atom. The van der Waals surface area contributed by atoms with E-state index in [9.17, 15) is 18.0 Å². The number of halogens is 3. The molecule has 0 amide bonds. The maximum absolute atomic E-state index is 11.8. The zero-order chi connectivity index (χ0) is 13.3. The number of carboxylic acid groups (broad SMARTS) is 1. The van der Waals surface area contributed by atoms with Crippen molar-refractivity contribution < 1.29 is 27.8 Å². The molecule has 0 aromatic rings. The van der Waals surface area contributed by atoms with E-state index in [1.807, 2.05) is 0 Å². The van der Waals surface area contributed by atoms with Crippen LogP contribution in [0.5, 0.6) is 0 Å². The SMILES string of the molecule is CCNC(CCOCCCC(F)(F)F)C(=O)O. The van der Waals surface area contributed by atoms with Crippen LogP contribution >= 0.6 is 0 Å². The molecular weight excluding hydrogens is 239 g/mol. The zero-order valence-electron chi connectivity index (χ0n) is 9.72. The van der Waals surface area contributed by atoms with E-state index in [0.29, 0.717) is 6.54 Å². The summed E-state index contributed by atoms with van der Waals surface area (Å²) in [6.07, 6.45) is -4.88. The number of carbonyl (C=O) groups is 1. The number of ether oxygens (including phenoxy) is 1. The third kappa shape index (κ3) is 10.1. The van der Waals surface area contributed by atoms with E-state index in [-0.39, 0.29) is 26.1 Å². The Balaban J connectivity index is 3.52. The first kappa shape index (κ1) is 16.2. The highest BCUT2D eigenvalue weighted by Gasteiger charge is 2.25. The molecule has 0 aliphatic carbocycles. The number of nitrogens with one attached hydrogen (secondary N) is 1. The Bertz CT molecular complexity index is 221. The van der Waals surface area contributed by atoms with Gasteiger partial charge in [0, 0.05) is 19.6 Å². The first-order chi connectivity index (χ1) is 7.87. The Hall–Kier alpha value is -0.820. The number of hydrogen-bond acceptors (Lipinski definition) is 3. The molecule has 1 unspecified atom stereocenters. The smallest absolute Gasteiger partial charge is 0.389 e. The van der Waals surface area contributed by atoms with Gasteiger partial charge < -0.3 is 15.2 Å². The fourth-order valence-electron chi connectivity index (χ4n) is 1.24. The first-order valence-electron chi connectivity index (χ1n) is 5.47. The van der Waals surface area contributed by atoms with Crippen LogP contribution in [0.1, 0.15) is 26.2 Å². The molecular formula is C10H18F3NO3. The van der Waals surface area contributed by atoms with Crippen LogP contribution in [-0.2, 0) is 9.53 Å². The monoisotopic (exact) mass is 257 g/mol. The molecule has 0 aliphatic rings. The first-order valence-corrected chi connectivity index (χ1v) is 5.47. The fourth-order valence-corrected chi connectivity index (χ4v) is 1.24. The van der Waals surface area contributed by atoms with Crippen molar-refractivity contribution >= 4 is 5.97 Å². The summed E-state index contributed by atoms with van der Waals surface area (Å²) >= 11 is 0. The molecule has 0 spiro atoms. The summed E-state index contributed by atoms with van der Waals surface area (Å²) < 4.78 is 40.2. The van der Waals surface area contributed by atoms with Gasteiger partial charge in [0.1, 0.15) is 6.04 Å². The topological polar surface area (TPSA) is 58.6 Å². The van der Waals surface area contributed by atoms with E-state index in [4.69, 9.17) is 9.84 Å². The molecule has 0 heterocycles. The van der Waals surface area contributed by atoms with E-state index in [2.05, 4.69) is 5.32 Å². The van der Waals surface area contributed by atoms with Crippen molar-refractivity contribution in [1.82, 2.24) is 5.32 Å². The predicted octanol–water partition coefficient (Wildman–Crippen LogP) is 1.80. The van der Waals surface area contributed by atoms with Crippen LogP contribution in [-0.4, -0.2) is 43.1 Å². The van der Waals surface area contributed by atoms with E-state index < -0.39 is 24.6 Å². The second kappa shape index (κ2) is 8.30. The number of rotatable bonds is 9. The maximum atomic E-state index is 11.8. The third-order valence-corrected chi connectivity index (χ3v) is 2.05. The van der Waals surface area contributed by atoms with Crippen LogP contribution in [0.15, 0.2) is 0 Å². The quantitative estimate of drug-likeness (QED) is 0.618. The molecule has 0 aromatic heterocycles. The highest BCUT2D eigenvalue weighted by molar-refractivity contribution is 5.73. The highest BCUT2D eigenvalue weighted by atomic mass is 19.4. The molecule has 7 heteroatoms. The molecule has 1 atom stereocenters. The van der Waals surface area contributed by atoms with Crippen molar-refractivity contribution in [2.45, 2.75) is 38.4 Å². The van der Waals surface area contributed by atoms with E-state index in [0.717, 1.165) is 0 Å². The minimum absolute atomic E-state index is 0.00201. The summed E-state index contributed by atoms with van der Waals surface area (Å²) in [6.45, 7) is 2.44. The van der Waals surface area contributed by atoms with E-state index in [1.165, 1.54) is 0 Å². The Kier molecular flexibility index (Phi) is 7.90. The number of aliphatic carboxylic acids is 1. The number of likely N-dealkylation sites (N-methyl/N-ethyl adjacent to an activating group) is 1. The molecule has 2 N–H and O–H groups in total. The molecule has 0 bridgehead atoms. The normalized spacial score (nSPS) is 13.6. The van der Waals surface area contributed by atoms with Gasteiger partial charge in [-0.05, 0) is 19.4 Å². The summed E-state index contributed by atoms with van der Waals surface area (Å²) in [4.78, 5) is 10.7. The molecule has 0 saturated heterocycles. The lowest BCUT2D eigenvalue weighted by Crippen LogP contribution is -2.37. The van der Waals surface area contributed by atoms with Gasteiger partial charge in [-0.15, -0.1) is 0 Å². The van der Waals surface area contributed by atoms with Gasteiger partial charge in [-0.2, -0.15) is 13.2 Å². The van der Waals surface area contributed by atoms with Crippen LogP contribution in [0.2, 0.25) is 0 Å². The second-order valence-electron chi connectivity index (χ2n) is 3.57. The van der Waals surface area contributed by atoms with Gasteiger partial charge in [-0.1, -0.05) is 6.92 Å². The average Bonchev–Trinajstić information content (AvgIpc) is 2.19. The van der Waals surface area contributed by atoms with Gasteiger partial charge in [-0.3, -0.25) is 4.79 Å². The second-order valence-corrected chi connectivity index (χ2v) is 3.57. The maximum Gasteiger partial charge on any atom is 0.389 e. The average molecular weight is 257 g/mol. The third-order valence-electron chi connectivity index (χ3n) is 2.05. The lowest BCUT2D eigenvalue weighted by Gasteiger charge is -2.13. The van der Waals surface area contributed by atoms with Gasteiger partial charge >= 0.3 is 12.1 Å². The summed E-state index contributed by atoms with van der Waals surface area (Å²) in [5, 5.41) is 11.5. The number of hydrogen-bond donors (Lipinski definition) is 2. The lowest BCUT2D eigenvalue weighted by atomic mass is 10.2. The van der Waals surface area contributed by atoms with Crippen molar-refractivity contribution in [2.75, 3.05) is 19.8 Å².